The third-order valence-corrected chi connectivity index (χ3v) is 3.52. The zero-order valence-corrected chi connectivity index (χ0v) is 12.4. The van der Waals surface area contributed by atoms with Crippen molar-refractivity contribution in [3.05, 3.63) is 70.2 Å². The van der Waals surface area contributed by atoms with Crippen molar-refractivity contribution in [3.63, 3.8) is 0 Å². The van der Waals surface area contributed by atoms with Gasteiger partial charge in [-0.25, -0.2) is 0 Å². The summed E-state index contributed by atoms with van der Waals surface area (Å²) in [5, 5.41) is 2.96. The average molecular weight is 318 g/mol. The molecule has 0 saturated carbocycles. The quantitative estimate of drug-likeness (QED) is 0.907. The van der Waals surface area contributed by atoms with Crippen molar-refractivity contribution in [1.82, 2.24) is 5.32 Å². The molecular weight excluding hydrogens is 302 g/mol. The van der Waals surface area contributed by atoms with Crippen LogP contribution in [0.5, 0.6) is 0 Å². The molecule has 2 nitrogen and oxygen atoms in total. The molecule has 0 bridgehead atoms. The zero-order valence-electron chi connectivity index (χ0n) is 10.8. The number of halogens is 1. The Kier molecular flexibility index (Phi) is 4.74. The van der Waals surface area contributed by atoms with Gasteiger partial charge in [-0.1, -0.05) is 59.3 Å². The molecule has 0 fully saturated rings. The van der Waals surface area contributed by atoms with Gasteiger partial charge in [0.05, 0.1) is 0 Å². The van der Waals surface area contributed by atoms with Crippen LogP contribution >= 0.6 is 15.9 Å². The SMILES string of the molecule is C[C@H](CNC(=O)c1cccc(Br)c1)c1ccccc1. The second kappa shape index (κ2) is 6.53. The van der Waals surface area contributed by atoms with Gasteiger partial charge < -0.3 is 5.32 Å². The smallest absolute Gasteiger partial charge is 0.251 e. The molecule has 0 radical (unpaired) electrons. The molecule has 1 atom stereocenters. The van der Waals surface area contributed by atoms with E-state index in [4.69, 9.17) is 0 Å². The van der Waals surface area contributed by atoms with Gasteiger partial charge in [-0.05, 0) is 29.7 Å². The van der Waals surface area contributed by atoms with Crippen molar-refractivity contribution < 1.29 is 4.79 Å². The predicted octanol–water partition coefficient (Wildman–Crippen LogP) is 3.98. The van der Waals surface area contributed by atoms with Gasteiger partial charge in [0, 0.05) is 16.6 Å². The maximum Gasteiger partial charge on any atom is 0.251 e. The molecule has 98 valence electrons. The summed E-state index contributed by atoms with van der Waals surface area (Å²) in [7, 11) is 0. The highest BCUT2D eigenvalue weighted by Gasteiger charge is 2.09. The van der Waals surface area contributed by atoms with Crippen LogP contribution < -0.4 is 5.32 Å². The molecule has 0 unspecified atom stereocenters. The van der Waals surface area contributed by atoms with Gasteiger partial charge in [-0.15, -0.1) is 0 Å². The molecule has 2 aromatic rings. The van der Waals surface area contributed by atoms with E-state index in [1.54, 1.807) is 0 Å². The van der Waals surface area contributed by atoms with Crippen LogP contribution in [0, 0.1) is 0 Å². The molecule has 0 aliphatic carbocycles. The minimum atomic E-state index is -0.0379. The van der Waals surface area contributed by atoms with Crippen LogP contribution in [0.1, 0.15) is 28.8 Å². The van der Waals surface area contributed by atoms with Gasteiger partial charge in [0.15, 0.2) is 0 Å². The number of benzene rings is 2. The summed E-state index contributed by atoms with van der Waals surface area (Å²) in [6.07, 6.45) is 0. The number of nitrogens with one attached hydrogen (secondary N) is 1. The van der Waals surface area contributed by atoms with E-state index in [1.165, 1.54) is 5.56 Å². The molecule has 0 heterocycles. The van der Waals surface area contributed by atoms with Crippen molar-refractivity contribution in [2.45, 2.75) is 12.8 Å². The Morgan fingerprint density at radius 3 is 2.58 bits per heavy atom. The van der Waals surface area contributed by atoms with E-state index in [0.29, 0.717) is 18.0 Å². The largest absolute Gasteiger partial charge is 0.351 e. The average Bonchev–Trinajstić information content (AvgIpc) is 2.45. The van der Waals surface area contributed by atoms with E-state index >= 15 is 0 Å². The molecule has 2 aromatic carbocycles. The van der Waals surface area contributed by atoms with Crippen molar-refractivity contribution in [3.8, 4) is 0 Å². The lowest BCUT2D eigenvalue weighted by Gasteiger charge is -2.13. The van der Waals surface area contributed by atoms with E-state index in [1.807, 2.05) is 42.5 Å². The third kappa shape index (κ3) is 3.93. The first-order chi connectivity index (χ1) is 9.16. The van der Waals surface area contributed by atoms with Gasteiger partial charge in [0.1, 0.15) is 0 Å². The highest BCUT2D eigenvalue weighted by molar-refractivity contribution is 9.10. The fourth-order valence-corrected chi connectivity index (χ4v) is 2.28. The summed E-state index contributed by atoms with van der Waals surface area (Å²) < 4.78 is 0.913. The Balaban J connectivity index is 1.94. The second-order valence-electron chi connectivity index (χ2n) is 4.53. The Hall–Kier alpha value is -1.61. The predicted molar refractivity (Wildman–Crippen MR) is 81.3 cm³/mol. The van der Waals surface area contributed by atoms with Gasteiger partial charge in [0.2, 0.25) is 0 Å². The second-order valence-corrected chi connectivity index (χ2v) is 5.45. The number of carbonyl (C=O) groups excluding carboxylic acids is 1. The summed E-state index contributed by atoms with van der Waals surface area (Å²) in [6, 6.07) is 17.6. The summed E-state index contributed by atoms with van der Waals surface area (Å²) in [5.74, 6) is 0.265. The Morgan fingerprint density at radius 2 is 1.89 bits per heavy atom. The van der Waals surface area contributed by atoms with Crippen LogP contribution in [0.4, 0.5) is 0 Å². The van der Waals surface area contributed by atoms with E-state index in [2.05, 4.69) is 40.3 Å². The molecule has 1 amide bonds. The van der Waals surface area contributed by atoms with Crippen LogP contribution in [0.15, 0.2) is 59.1 Å². The minimum Gasteiger partial charge on any atom is -0.351 e. The summed E-state index contributed by atoms with van der Waals surface area (Å²) in [4.78, 5) is 12.0. The Labute approximate surface area is 122 Å². The topological polar surface area (TPSA) is 29.1 Å². The van der Waals surface area contributed by atoms with Gasteiger partial charge in [-0.3, -0.25) is 4.79 Å². The van der Waals surface area contributed by atoms with Crippen LogP contribution in [0.3, 0.4) is 0 Å². The fourth-order valence-electron chi connectivity index (χ4n) is 1.88. The third-order valence-electron chi connectivity index (χ3n) is 3.02. The molecule has 1 N–H and O–H groups in total. The lowest BCUT2D eigenvalue weighted by molar-refractivity contribution is 0.0951. The van der Waals surface area contributed by atoms with Gasteiger partial charge in [0.25, 0.3) is 5.91 Å². The highest BCUT2D eigenvalue weighted by Crippen LogP contribution is 2.14. The van der Waals surface area contributed by atoms with E-state index < -0.39 is 0 Å². The van der Waals surface area contributed by atoms with Crippen molar-refractivity contribution in [1.29, 1.82) is 0 Å². The molecule has 0 aliphatic heterocycles. The maximum absolute atomic E-state index is 12.0. The lowest BCUT2D eigenvalue weighted by Crippen LogP contribution is -2.27. The number of hydrogen-bond donors (Lipinski definition) is 1. The van der Waals surface area contributed by atoms with Crippen molar-refractivity contribution >= 4 is 21.8 Å². The van der Waals surface area contributed by atoms with E-state index in [-0.39, 0.29) is 5.91 Å². The fraction of sp³-hybridized carbons (Fsp3) is 0.188. The molecule has 3 heteroatoms. The molecule has 0 aromatic heterocycles. The van der Waals surface area contributed by atoms with Crippen LogP contribution in [-0.4, -0.2) is 12.5 Å². The standard InChI is InChI=1S/C16H16BrNO/c1-12(13-6-3-2-4-7-13)11-18-16(19)14-8-5-9-15(17)10-14/h2-10,12H,11H2,1H3,(H,18,19)/t12-/m1/s1. The molecule has 2 rings (SSSR count). The first-order valence-corrected chi connectivity index (χ1v) is 7.05. The van der Waals surface area contributed by atoms with Gasteiger partial charge in [-0.2, -0.15) is 0 Å². The number of amides is 1. The first-order valence-electron chi connectivity index (χ1n) is 6.25. The van der Waals surface area contributed by atoms with Gasteiger partial charge >= 0.3 is 0 Å². The van der Waals surface area contributed by atoms with Crippen LogP contribution in [0.2, 0.25) is 0 Å². The summed E-state index contributed by atoms with van der Waals surface area (Å²) in [6.45, 7) is 2.74. The highest BCUT2D eigenvalue weighted by atomic mass is 79.9. The lowest BCUT2D eigenvalue weighted by atomic mass is 10.0. The Bertz CT molecular complexity index is 554. The molecule has 0 spiro atoms. The zero-order chi connectivity index (χ0) is 13.7. The summed E-state index contributed by atoms with van der Waals surface area (Å²) >= 11 is 3.37. The first kappa shape index (κ1) is 13.8. The Morgan fingerprint density at radius 1 is 1.16 bits per heavy atom. The number of rotatable bonds is 4. The minimum absolute atomic E-state index is 0.0379. The number of hydrogen-bond acceptors (Lipinski definition) is 1. The van der Waals surface area contributed by atoms with Crippen LogP contribution in [0.25, 0.3) is 0 Å². The molecule has 0 aliphatic rings. The van der Waals surface area contributed by atoms with E-state index in [0.717, 1.165) is 4.47 Å². The van der Waals surface area contributed by atoms with Crippen LogP contribution in [-0.2, 0) is 0 Å². The van der Waals surface area contributed by atoms with Crippen molar-refractivity contribution in [2.24, 2.45) is 0 Å². The monoisotopic (exact) mass is 317 g/mol. The molecule has 19 heavy (non-hydrogen) atoms. The molecular formula is C16H16BrNO. The summed E-state index contributed by atoms with van der Waals surface area (Å²) in [5.41, 5.74) is 1.91. The maximum atomic E-state index is 12.0. The molecule has 0 saturated heterocycles. The normalized spacial score (nSPS) is 11.9. The van der Waals surface area contributed by atoms with E-state index in [9.17, 15) is 4.79 Å². The van der Waals surface area contributed by atoms with Crippen molar-refractivity contribution in [2.75, 3.05) is 6.54 Å². The number of carbonyl (C=O) groups is 1.